The van der Waals surface area contributed by atoms with Gasteiger partial charge in [0.05, 0.1) is 0 Å². The van der Waals surface area contributed by atoms with E-state index in [0.29, 0.717) is 6.61 Å². The van der Waals surface area contributed by atoms with Gasteiger partial charge in [0.2, 0.25) is 0 Å². The average molecular weight is 391 g/mol. The van der Waals surface area contributed by atoms with Crippen LogP contribution in [-0.2, 0) is 14.3 Å². The predicted octanol–water partition coefficient (Wildman–Crippen LogP) is 2.60. The van der Waals surface area contributed by atoms with E-state index in [2.05, 4.69) is 6.92 Å². The van der Waals surface area contributed by atoms with Crippen LogP contribution in [0.2, 0.25) is 0 Å². The molecule has 0 saturated carbocycles. The van der Waals surface area contributed by atoms with Crippen molar-refractivity contribution in [2.75, 3.05) is 6.61 Å². The normalized spacial score (nSPS) is 28.4. The van der Waals surface area contributed by atoms with Gasteiger partial charge in [0, 0.05) is 6.61 Å². The SMILES string of the molecule is CCCCCCCCCCCCCCO[C@H]1O[C@H](C(=O)O)[C@@H](O)[C@H](O)[C@@H]1O. The van der Waals surface area contributed by atoms with Crippen LogP contribution in [0.5, 0.6) is 0 Å². The topological polar surface area (TPSA) is 116 Å². The van der Waals surface area contributed by atoms with Gasteiger partial charge in [0.15, 0.2) is 12.4 Å². The maximum Gasteiger partial charge on any atom is 0.335 e. The molecule has 0 aromatic carbocycles. The van der Waals surface area contributed by atoms with Crippen molar-refractivity contribution in [2.24, 2.45) is 0 Å². The Morgan fingerprint density at radius 2 is 1.26 bits per heavy atom. The van der Waals surface area contributed by atoms with Crippen molar-refractivity contribution in [1.29, 1.82) is 0 Å². The summed E-state index contributed by atoms with van der Waals surface area (Å²) in [7, 11) is 0. The third-order valence-electron chi connectivity index (χ3n) is 5.09. The second kappa shape index (κ2) is 14.3. The number of unbranched alkanes of at least 4 members (excludes halogenated alkanes) is 11. The van der Waals surface area contributed by atoms with Crippen molar-refractivity contribution >= 4 is 5.97 Å². The third kappa shape index (κ3) is 9.34. The number of aliphatic hydroxyl groups excluding tert-OH is 3. The van der Waals surface area contributed by atoms with Gasteiger partial charge in [-0.3, -0.25) is 0 Å². The molecule has 0 aromatic heterocycles. The number of aliphatic hydroxyl groups is 3. The fourth-order valence-corrected chi connectivity index (χ4v) is 3.33. The van der Waals surface area contributed by atoms with Gasteiger partial charge in [-0.1, -0.05) is 77.6 Å². The fourth-order valence-electron chi connectivity index (χ4n) is 3.33. The summed E-state index contributed by atoms with van der Waals surface area (Å²) in [6.07, 6.45) is 7.07. The van der Waals surface area contributed by atoms with E-state index in [4.69, 9.17) is 14.6 Å². The van der Waals surface area contributed by atoms with Gasteiger partial charge in [-0.05, 0) is 6.42 Å². The molecule has 1 aliphatic heterocycles. The van der Waals surface area contributed by atoms with Crippen molar-refractivity contribution in [2.45, 2.75) is 115 Å². The molecule has 7 heteroatoms. The molecule has 0 spiro atoms. The average Bonchev–Trinajstić information content (AvgIpc) is 2.65. The van der Waals surface area contributed by atoms with E-state index in [1.807, 2.05) is 0 Å². The smallest absolute Gasteiger partial charge is 0.335 e. The highest BCUT2D eigenvalue weighted by Crippen LogP contribution is 2.22. The van der Waals surface area contributed by atoms with Crippen molar-refractivity contribution in [3.8, 4) is 0 Å². The largest absolute Gasteiger partial charge is 0.479 e. The summed E-state index contributed by atoms with van der Waals surface area (Å²) in [5.74, 6) is -1.40. The van der Waals surface area contributed by atoms with Gasteiger partial charge in [-0.25, -0.2) is 4.79 Å². The molecule has 0 aliphatic carbocycles. The molecular weight excluding hydrogens is 352 g/mol. The summed E-state index contributed by atoms with van der Waals surface area (Å²) in [6, 6.07) is 0. The molecule has 1 aliphatic rings. The van der Waals surface area contributed by atoms with Crippen LogP contribution in [0.4, 0.5) is 0 Å². The fraction of sp³-hybridized carbons (Fsp3) is 0.950. The van der Waals surface area contributed by atoms with E-state index >= 15 is 0 Å². The molecule has 7 nitrogen and oxygen atoms in total. The van der Waals surface area contributed by atoms with E-state index in [-0.39, 0.29) is 0 Å². The monoisotopic (exact) mass is 390 g/mol. The molecule has 0 radical (unpaired) electrons. The number of ether oxygens (including phenoxy) is 2. The predicted molar refractivity (Wildman–Crippen MR) is 101 cm³/mol. The van der Waals surface area contributed by atoms with Crippen molar-refractivity contribution in [1.82, 2.24) is 0 Å². The number of hydrogen-bond acceptors (Lipinski definition) is 6. The Morgan fingerprint density at radius 1 is 0.778 bits per heavy atom. The molecule has 27 heavy (non-hydrogen) atoms. The summed E-state index contributed by atoms with van der Waals surface area (Å²) >= 11 is 0. The minimum Gasteiger partial charge on any atom is -0.479 e. The molecule has 1 saturated heterocycles. The molecule has 0 aromatic rings. The van der Waals surface area contributed by atoms with E-state index in [1.54, 1.807) is 0 Å². The highest BCUT2D eigenvalue weighted by Gasteiger charge is 2.47. The van der Waals surface area contributed by atoms with Crippen LogP contribution in [0.1, 0.15) is 84.0 Å². The van der Waals surface area contributed by atoms with Crippen LogP contribution in [0, 0.1) is 0 Å². The minimum atomic E-state index is -1.68. The zero-order valence-electron chi connectivity index (χ0n) is 16.6. The minimum absolute atomic E-state index is 0.314. The molecule has 1 rings (SSSR count). The van der Waals surface area contributed by atoms with Crippen LogP contribution >= 0.6 is 0 Å². The molecule has 160 valence electrons. The number of carboxylic acids is 1. The third-order valence-corrected chi connectivity index (χ3v) is 5.09. The lowest BCUT2D eigenvalue weighted by molar-refractivity contribution is -0.294. The molecule has 5 atom stereocenters. The second-order valence-electron chi connectivity index (χ2n) is 7.49. The van der Waals surface area contributed by atoms with Crippen LogP contribution in [0.15, 0.2) is 0 Å². The summed E-state index contributed by atoms with van der Waals surface area (Å²) in [6.45, 7) is 2.55. The van der Waals surface area contributed by atoms with Gasteiger partial charge in [0.1, 0.15) is 18.3 Å². The van der Waals surface area contributed by atoms with Gasteiger partial charge < -0.3 is 29.9 Å². The first-order valence-corrected chi connectivity index (χ1v) is 10.5. The number of aliphatic carboxylic acids is 1. The Hall–Kier alpha value is -0.730. The quantitative estimate of drug-likeness (QED) is 0.318. The van der Waals surface area contributed by atoms with Gasteiger partial charge in [-0.2, -0.15) is 0 Å². The Labute approximate surface area is 162 Å². The summed E-state index contributed by atoms with van der Waals surface area (Å²) < 4.78 is 10.4. The zero-order chi connectivity index (χ0) is 20.1. The van der Waals surface area contributed by atoms with Crippen molar-refractivity contribution < 1.29 is 34.7 Å². The first-order chi connectivity index (χ1) is 13.0. The number of carboxylic acid groups (broad SMARTS) is 1. The number of rotatable bonds is 15. The van der Waals surface area contributed by atoms with Gasteiger partial charge >= 0.3 is 5.97 Å². The summed E-state index contributed by atoms with van der Waals surface area (Å²) in [5.41, 5.74) is 0. The van der Waals surface area contributed by atoms with Crippen LogP contribution in [0.3, 0.4) is 0 Å². The molecule has 1 heterocycles. The number of carbonyl (C=O) groups is 1. The van der Waals surface area contributed by atoms with E-state index in [1.165, 1.54) is 57.8 Å². The maximum absolute atomic E-state index is 11.0. The Kier molecular flexibility index (Phi) is 12.9. The van der Waals surface area contributed by atoms with Crippen molar-refractivity contribution in [3.05, 3.63) is 0 Å². The zero-order valence-corrected chi connectivity index (χ0v) is 16.6. The lowest BCUT2D eigenvalue weighted by atomic mass is 9.99. The second-order valence-corrected chi connectivity index (χ2v) is 7.49. The number of hydrogen-bond donors (Lipinski definition) is 4. The summed E-state index contributed by atoms with van der Waals surface area (Å²) in [4.78, 5) is 11.0. The van der Waals surface area contributed by atoms with Crippen LogP contribution in [0.25, 0.3) is 0 Å². The Bertz CT molecular complexity index is 391. The lowest BCUT2D eigenvalue weighted by Gasteiger charge is -2.38. The first-order valence-electron chi connectivity index (χ1n) is 10.5. The lowest BCUT2D eigenvalue weighted by Crippen LogP contribution is -2.60. The maximum atomic E-state index is 11.0. The molecule has 0 bridgehead atoms. The first kappa shape index (κ1) is 24.3. The molecule has 0 amide bonds. The molecule has 4 N–H and O–H groups in total. The molecule has 1 fully saturated rings. The molecule has 0 unspecified atom stereocenters. The Morgan fingerprint density at radius 3 is 1.74 bits per heavy atom. The van der Waals surface area contributed by atoms with Crippen LogP contribution in [-0.4, -0.2) is 63.7 Å². The van der Waals surface area contributed by atoms with Crippen LogP contribution < -0.4 is 0 Å². The van der Waals surface area contributed by atoms with Gasteiger partial charge in [-0.15, -0.1) is 0 Å². The van der Waals surface area contributed by atoms with E-state index in [0.717, 1.165) is 19.3 Å². The standard InChI is InChI=1S/C20H38O7/c1-2-3-4-5-6-7-8-9-10-11-12-13-14-26-20-17(23)15(21)16(22)18(27-20)19(24)25/h15-18,20-23H,2-14H2,1H3,(H,24,25)/t15-,16-,17-,18-,20-/m0/s1. The highest BCUT2D eigenvalue weighted by molar-refractivity contribution is 5.73. The van der Waals surface area contributed by atoms with E-state index < -0.39 is 36.7 Å². The highest BCUT2D eigenvalue weighted by atomic mass is 16.7. The Balaban J connectivity index is 2.02. The summed E-state index contributed by atoms with van der Waals surface area (Å²) in [5, 5.41) is 38.2. The van der Waals surface area contributed by atoms with E-state index in [9.17, 15) is 20.1 Å². The van der Waals surface area contributed by atoms with Gasteiger partial charge in [0.25, 0.3) is 0 Å². The van der Waals surface area contributed by atoms with Crippen molar-refractivity contribution in [3.63, 3.8) is 0 Å². The molecular formula is C20H38O7.